The topological polar surface area (TPSA) is 23.6 Å². The first-order valence-electron chi connectivity index (χ1n) is 6.56. The van der Waals surface area contributed by atoms with Crippen molar-refractivity contribution >= 4 is 18.5 Å². The van der Waals surface area contributed by atoms with Crippen molar-refractivity contribution in [3.05, 3.63) is 29.8 Å². The predicted octanol–water partition coefficient (Wildman–Crippen LogP) is 1.90. The molecule has 3 rings (SSSR count). The van der Waals surface area contributed by atoms with Gasteiger partial charge in [-0.05, 0) is 37.1 Å². The highest BCUT2D eigenvalue weighted by Gasteiger charge is 2.32. The Hall–Kier alpha value is -1.00. The van der Waals surface area contributed by atoms with Gasteiger partial charge in [0.2, 0.25) is 0 Å². The van der Waals surface area contributed by atoms with Gasteiger partial charge in [0.25, 0.3) is 5.91 Å². The molecule has 18 heavy (non-hydrogen) atoms. The zero-order chi connectivity index (χ0) is 12.5. The summed E-state index contributed by atoms with van der Waals surface area (Å²) < 4.78 is 0. The summed E-state index contributed by atoms with van der Waals surface area (Å²) in [7, 11) is 0. The molecule has 2 aliphatic rings. The highest BCUT2D eigenvalue weighted by Crippen LogP contribution is 2.27. The number of piperazine rings is 1. The number of carbonyl (C=O) groups excluding carboxylic acids is 1. The predicted molar refractivity (Wildman–Crippen MR) is 74.2 cm³/mol. The van der Waals surface area contributed by atoms with Crippen LogP contribution in [0, 0.1) is 0 Å². The van der Waals surface area contributed by atoms with E-state index in [1.165, 1.54) is 12.8 Å². The number of hydrogen-bond acceptors (Lipinski definition) is 3. The molecule has 1 aromatic carbocycles. The van der Waals surface area contributed by atoms with Gasteiger partial charge in [0, 0.05) is 42.7 Å². The summed E-state index contributed by atoms with van der Waals surface area (Å²) in [5, 5.41) is 0. The van der Waals surface area contributed by atoms with Crippen molar-refractivity contribution in [1.82, 2.24) is 9.80 Å². The molecule has 0 aromatic heterocycles. The van der Waals surface area contributed by atoms with Crippen molar-refractivity contribution in [2.75, 3.05) is 26.2 Å². The maximum Gasteiger partial charge on any atom is 0.253 e. The maximum absolute atomic E-state index is 12.3. The van der Waals surface area contributed by atoms with Crippen LogP contribution in [0.15, 0.2) is 29.2 Å². The Morgan fingerprint density at radius 1 is 1.06 bits per heavy atom. The number of rotatable bonds is 2. The molecule has 96 valence electrons. The third-order valence-corrected chi connectivity index (χ3v) is 4.08. The van der Waals surface area contributed by atoms with Gasteiger partial charge in [0.15, 0.2) is 0 Å². The highest BCUT2D eigenvalue weighted by atomic mass is 32.1. The van der Waals surface area contributed by atoms with Gasteiger partial charge >= 0.3 is 0 Å². The summed E-state index contributed by atoms with van der Waals surface area (Å²) in [6.45, 7) is 3.78. The number of amides is 1. The van der Waals surface area contributed by atoms with Crippen LogP contribution in [0.5, 0.6) is 0 Å². The summed E-state index contributed by atoms with van der Waals surface area (Å²) in [5.74, 6) is 0.152. The zero-order valence-electron chi connectivity index (χ0n) is 10.4. The highest BCUT2D eigenvalue weighted by molar-refractivity contribution is 7.80. The lowest BCUT2D eigenvalue weighted by Gasteiger charge is -2.34. The molecule has 1 aliphatic carbocycles. The van der Waals surface area contributed by atoms with Gasteiger partial charge in [0.05, 0.1) is 0 Å². The van der Waals surface area contributed by atoms with E-state index in [1.807, 2.05) is 29.2 Å². The second kappa shape index (κ2) is 4.94. The second-order valence-electron chi connectivity index (χ2n) is 5.11. The van der Waals surface area contributed by atoms with Gasteiger partial charge in [-0.2, -0.15) is 0 Å². The van der Waals surface area contributed by atoms with Crippen molar-refractivity contribution in [2.45, 2.75) is 23.8 Å². The van der Waals surface area contributed by atoms with Crippen LogP contribution in [0.4, 0.5) is 0 Å². The van der Waals surface area contributed by atoms with Crippen LogP contribution in [0.2, 0.25) is 0 Å². The van der Waals surface area contributed by atoms with E-state index in [9.17, 15) is 4.79 Å². The van der Waals surface area contributed by atoms with E-state index < -0.39 is 0 Å². The smallest absolute Gasteiger partial charge is 0.253 e. The molecular weight excluding hydrogens is 244 g/mol. The van der Waals surface area contributed by atoms with E-state index in [0.717, 1.165) is 42.7 Å². The number of thiol groups is 1. The Morgan fingerprint density at radius 2 is 1.67 bits per heavy atom. The maximum atomic E-state index is 12.3. The van der Waals surface area contributed by atoms with Gasteiger partial charge in [-0.3, -0.25) is 9.69 Å². The minimum Gasteiger partial charge on any atom is -0.336 e. The van der Waals surface area contributed by atoms with Gasteiger partial charge in [-0.15, -0.1) is 12.6 Å². The molecule has 2 fully saturated rings. The fourth-order valence-electron chi connectivity index (χ4n) is 2.52. The second-order valence-corrected chi connectivity index (χ2v) is 5.62. The van der Waals surface area contributed by atoms with Crippen LogP contribution in [-0.4, -0.2) is 47.9 Å². The molecule has 1 saturated heterocycles. The molecular formula is C14H18N2OS. The molecule has 1 heterocycles. The monoisotopic (exact) mass is 262 g/mol. The molecule has 1 amide bonds. The fourth-order valence-corrected chi connectivity index (χ4v) is 2.67. The standard InChI is InChI=1S/C14H18N2OS/c17-14(11-1-5-13(18)6-2-11)16-9-7-15(8-10-16)12-3-4-12/h1-2,5-6,12,18H,3-4,7-10H2. The van der Waals surface area contributed by atoms with Crippen molar-refractivity contribution in [3.8, 4) is 0 Å². The summed E-state index contributed by atoms with van der Waals surface area (Å²) in [4.78, 5) is 17.7. The molecule has 3 nitrogen and oxygen atoms in total. The first-order chi connectivity index (χ1) is 8.74. The Kier molecular flexibility index (Phi) is 3.31. The first-order valence-corrected chi connectivity index (χ1v) is 7.01. The number of carbonyl (C=O) groups is 1. The molecule has 0 bridgehead atoms. The van der Waals surface area contributed by atoms with Crippen LogP contribution in [0.3, 0.4) is 0 Å². The van der Waals surface area contributed by atoms with Crippen LogP contribution in [-0.2, 0) is 0 Å². The van der Waals surface area contributed by atoms with Crippen molar-refractivity contribution < 1.29 is 4.79 Å². The third-order valence-electron chi connectivity index (χ3n) is 3.78. The molecule has 1 aliphatic heterocycles. The molecule has 0 unspecified atom stereocenters. The van der Waals surface area contributed by atoms with E-state index in [2.05, 4.69) is 17.5 Å². The number of nitrogens with zero attached hydrogens (tertiary/aromatic N) is 2. The quantitative estimate of drug-likeness (QED) is 0.823. The molecule has 0 N–H and O–H groups in total. The Balaban J connectivity index is 1.61. The van der Waals surface area contributed by atoms with Gasteiger partial charge in [-0.1, -0.05) is 0 Å². The van der Waals surface area contributed by atoms with Crippen LogP contribution >= 0.6 is 12.6 Å². The zero-order valence-corrected chi connectivity index (χ0v) is 11.3. The number of hydrogen-bond donors (Lipinski definition) is 1. The van der Waals surface area contributed by atoms with Gasteiger partial charge < -0.3 is 4.90 Å². The summed E-state index contributed by atoms with van der Waals surface area (Å²) >= 11 is 4.24. The Labute approximate surface area is 113 Å². The average Bonchev–Trinajstić information content (AvgIpc) is 3.23. The van der Waals surface area contributed by atoms with E-state index in [0.29, 0.717) is 0 Å². The minimum absolute atomic E-state index is 0.152. The first kappa shape index (κ1) is 12.1. The van der Waals surface area contributed by atoms with E-state index in [4.69, 9.17) is 0 Å². The Morgan fingerprint density at radius 3 is 2.22 bits per heavy atom. The molecule has 4 heteroatoms. The lowest BCUT2D eigenvalue weighted by atomic mass is 10.2. The van der Waals surface area contributed by atoms with Crippen LogP contribution in [0.1, 0.15) is 23.2 Å². The van der Waals surface area contributed by atoms with Crippen molar-refractivity contribution in [1.29, 1.82) is 0 Å². The Bertz CT molecular complexity index is 434. The van der Waals surface area contributed by atoms with Crippen LogP contribution in [0.25, 0.3) is 0 Å². The van der Waals surface area contributed by atoms with Crippen molar-refractivity contribution in [2.24, 2.45) is 0 Å². The molecule has 1 saturated carbocycles. The summed E-state index contributed by atoms with van der Waals surface area (Å²) in [6.07, 6.45) is 2.69. The van der Waals surface area contributed by atoms with Crippen LogP contribution < -0.4 is 0 Å². The van der Waals surface area contributed by atoms with Crippen molar-refractivity contribution in [3.63, 3.8) is 0 Å². The molecule has 0 spiro atoms. The molecule has 0 atom stereocenters. The van der Waals surface area contributed by atoms with E-state index >= 15 is 0 Å². The number of benzene rings is 1. The summed E-state index contributed by atoms with van der Waals surface area (Å²) in [5.41, 5.74) is 0.771. The average molecular weight is 262 g/mol. The third kappa shape index (κ3) is 2.54. The van der Waals surface area contributed by atoms with E-state index in [-0.39, 0.29) is 5.91 Å². The van der Waals surface area contributed by atoms with Gasteiger partial charge in [0.1, 0.15) is 0 Å². The van der Waals surface area contributed by atoms with Gasteiger partial charge in [-0.25, -0.2) is 0 Å². The fraction of sp³-hybridized carbons (Fsp3) is 0.500. The normalized spacial score (nSPS) is 21.1. The minimum atomic E-state index is 0.152. The van der Waals surface area contributed by atoms with E-state index in [1.54, 1.807) is 0 Å². The molecule has 0 radical (unpaired) electrons. The molecule has 1 aromatic rings. The SMILES string of the molecule is O=C(c1ccc(S)cc1)N1CCN(C2CC2)CC1. The lowest BCUT2D eigenvalue weighted by molar-refractivity contribution is 0.0627. The summed E-state index contributed by atoms with van der Waals surface area (Å²) in [6, 6.07) is 8.27. The lowest BCUT2D eigenvalue weighted by Crippen LogP contribution is -2.49. The largest absolute Gasteiger partial charge is 0.336 e.